The zero-order valence-electron chi connectivity index (χ0n) is 8.39. The lowest BCUT2D eigenvalue weighted by molar-refractivity contribution is -0.122. The van der Waals surface area contributed by atoms with E-state index in [9.17, 15) is 4.79 Å². The van der Waals surface area contributed by atoms with Gasteiger partial charge in [0.1, 0.15) is 0 Å². The van der Waals surface area contributed by atoms with Crippen LogP contribution < -0.4 is 5.32 Å². The van der Waals surface area contributed by atoms with Gasteiger partial charge in [-0.15, -0.1) is 0 Å². The highest BCUT2D eigenvalue weighted by Crippen LogP contribution is 2.08. The van der Waals surface area contributed by atoms with Gasteiger partial charge in [0.2, 0.25) is 5.91 Å². The first-order chi connectivity index (χ1) is 7.36. The van der Waals surface area contributed by atoms with Crippen LogP contribution in [0.1, 0.15) is 5.56 Å². The molecule has 1 aromatic rings. The molecule has 1 aliphatic carbocycles. The predicted molar refractivity (Wildman–Crippen MR) is 60.1 cm³/mol. The van der Waals surface area contributed by atoms with E-state index < -0.39 is 0 Å². The molecule has 1 N–H and O–H groups in total. The molecule has 0 saturated heterocycles. The van der Waals surface area contributed by atoms with Crippen LogP contribution in [-0.4, -0.2) is 5.91 Å². The highest BCUT2D eigenvalue weighted by Gasteiger charge is 2.12. The summed E-state index contributed by atoms with van der Waals surface area (Å²) in [4.78, 5) is 11.6. The first-order valence-corrected chi connectivity index (χ1v) is 5.03. The van der Waals surface area contributed by atoms with Crippen LogP contribution in [-0.2, 0) is 11.3 Å². The number of hydrogen-bond donors (Lipinski definition) is 1. The van der Waals surface area contributed by atoms with Crippen LogP contribution in [0, 0.1) is 5.92 Å². The smallest absolute Gasteiger partial charge is 0.231 e. The van der Waals surface area contributed by atoms with Crippen LogP contribution in [0.2, 0.25) is 0 Å². The SMILES string of the molecule is O=C(NCc1ccccc1)C1C=CC=C1. The summed E-state index contributed by atoms with van der Waals surface area (Å²) in [5.41, 5.74) is 1.12. The van der Waals surface area contributed by atoms with E-state index in [0.29, 0.717) is 6.54 Å². The molecule has 76 valence electrons. The number of carbonyl (C=O) groups excluding carboxylic acids is 1. The van der Waals surface area contributed by atoms with Gasteiger partial charge in [0.25, 0.3) is 0 Å². The average molecular weight is 199 g/mol. The highest BCUT2D eigenvalue weighted by molar-refractivity contribution is 5.83. The zero-order chi connectivity index (χ0) is 10.5. The van der Waals surface area contributed by atoms with Crippen molar-refractivity contribution < 1.29 is 4.79 Å². The minimum absolute atomic E-state index is 0.0591. The Hall–Kier alpha value is -1.83. The van der Waals surface area contributed by atoms with Gasteiger partial charge in [-0.05, 0) is 5.56 Å². The maximum Gasteiger partial charge on any atom is 0.231 e. The Morgan fingerprint density at radius 2 is 1.80 bits per heavy atom. The van der Waals surface area contributed by atoms with Crippen molar-refractivity contribution in [3.63, 3.8) is 0 Å². The number of nitrogens with one attached hydrogen (secondary N) is 1. The summed E-state index contributed by atoms with van der Waals surface area (Å²) in [5, 5.41) is 2.90. The van der Waals surface area contributed by atoms with Gasteiger partial charge < -0.3 is 5.32 Å². The van der Waals surface area contributed by atoms with Crippen LogP contribution in [0.3, 0.4) is 0 Å². The minimum atomic E-state index is -0.0892. The van der Waals surface area contributed by atoms with Gasteiger partial charge in [0, 0.05) is 6.54 Å². The lowest BCUT2D eigenvalue weighted by Crippen LogP contribution is -2.27. The van der Waals surface area contributed by atoms with Gasteiger partial charge in [0.15, 0.2) is 0 Å². The van der Waals surface area contributed by atoms with Crippen molar-refractivity contribution in [2.45, 2.75) is 6.54 Å². The summed E-state index contributed by atoms with van der Waals surface area (Å²) in [5.74, 6) is -0.0300. The largest absolute Gasteiger partial charge is 0.351 e. The number of carbonyl (C=O) groups is 1. The van der Waals surface area contributed by atoms with E-state index >= 15 is 0 Å². The second-order valence-corrected chi connectivity index (χ2v) is 3.50. The molecular weight excluding hydrogens is 186 g/mol. The summed E-state index contributed by atoms with van der Waals surface area (Å²) < 4.78 is 0. The van der Waals surface area contributed by atoms with Gasteiger partial charge in [-0.25, -0.2) is 0 Å². The normalized spacial score (nSPS) is 14.4. The number of allylic oxidation sites excluding steroid dienone is 2. The monoisotopic (exact) mass is 199 g/mol. The fourth-order valence-corrected chi connectivity index (χ4v) is 1.51. The summed E-state index contributed by atoms with van der Waals surface area (Å²) in [6, 6.07) is 9.91. The first-order valence-electron chi connectivity index (χ1n) is 5.03. The van der Waals surface area contributed by atoms with Gasteiger partial charge in [-0.2, -0.15) is 0 Å². The fraction of sp³-hybridized carbons (Fsp3) is 0.154. The first kappa shape index (κ1) is 9.71. The van der Waals surface area contributed by atoms with Crippen molar-refractivity contribution in [1.29, 1.82) is 0 Å². The third-order valence-electron chi connectivity index (χ3n) is 2.36. The maximum absolute atomic E-state index is 11.6. The molecule has 0 spiro atoms. The summed E-state index contributed by atoms with van der Waals surface area (Å²) in [6.07, 6.45) is 7.57. The van der Waals surface area contributed by atoms with Crippen LogP contribution in [0.4, 0.5) is 0 Å². The molecule has 1 amide bonds. The lowest BCUT2D eigenvalue weighted by atomic mass is 10.1. The van der Waals surface area contributed by atoms with Gasteiger partial charge >= 0.3 is 0 Å². The highest BCUT2D eigenvalue weighted by atomic mass is 16.1. The predicted octanol–water partition coefficient (Wildman–Crippen LogP) is 2.04. The summed E-state index contributed by atoms with van der Waals surface area (Å²) >= 11 is 0. The van der Waals surface area contributed by atoms with Crippen LogP contribution in [0.15, 0.2) is 54.6 Å². The molecule has 2 nitrogen and oxygen atoms in total. The van der Waals surface area contributed by atoms with E-state index in [2.05, 4.69) is 5.32 Å². The number of benzene rings is 1. The van der Waals surface area contributed by atoms with E-state index in [1.807, 2.05) is 54.6 Å². The molecule has 0 aliphatic heterocycles. The molecule has 15 heavy (non-hydrogen) atoms. The number of amides is 1. The van der Waals surface area contributed by atoms with Crippen molar-refractivity contribution in [2.24, 2.45) is 5.92 Å². The third-order valence-corrected chi connectivity index (χ3v) is 2.36. The second kappa shape index (κ2) is 4.60. The molecule has 0 bridgehead atoms. The Morgan fingerprint density at radius 1 is 1.13 bits per heavy atom. The minimum Gasteiger partial charge on any atom is -0.351 e. The molecule has 0 unspecified atom stereocenters. The van der Waals surface area contributed by atoms with Crippen molar-refractivity contribution in [2.75, 3.05) is 0 Å². The van der Waals surface area contributed by atoms with Crippen molar-refractivity contribution in [1.82, 2.24) is 5.32 Å². The average Bonchev–Trinajstić information content (AvgIpc) is 2.81. The van der Waals surface area contributed by atoms with Crippen molar-refractivity contribution in [3.8, 4) is 0 Å². The topological polar surface area (TPSA) is 29.1 Å². The Bertz CT molecular complexity index is 380. The lowest BCUT2D eigenvalue weighted by Gasteiger charge is -2.07. The Kier molecular flexibility index (Phi) is 2.98. The molecule has 0 atom stereocenters. The molecule has 0 saturated carbocycles. The van der Waals surface area contributed by atoms with Gasteiger partial charge in [0.05, 0.1) is 5.92 Å². The van der Waals surface area contributed by atoms with E-state index in [4.69, 9.17) is 0 Å². The van der Waals surface area contributed by atoms with Crippen LogP contribution in [0.5, 0.6) is 0 Å². The number of rotatable bonds is 3. The fourth-order valence-electron chi connectivity index (χ4n) is 1.51. The number of hydrogen-bond acceptors (Lipinski definition) is 1. The van der Waals surface area contributed by atoms with Gasteiger partial charge in [-0.1, -0.05) is 54.6 Å². The molecule has 2 rings (SSSR count). The third kappa shape index (κ3) is 2.56. The molecule has 0 aromatic heterocycles. The van der Waals surface area contributed by atoms with Gasteiger partial charge in [-0.3, -0.25) is 4.79 Å². The summed E-state index contributed by atoms with van der Waals surface area (Å²) in [6.45, 7) is 0.595. The molecule has 1 aliphatic rings. The Balaban J connectivity index is 1.86. The van der Waals surface area contributed by atoms with E-state index in [1.165, 1.54) is 0 Å². The zero-order valence-corrected chi connectivity index (χ0v) is 8.39. The molecule has 0 fully saturated rings. The van der Waals surface area contributed by atoms with Crippen LogP contribution >= 0.6 is 0 Å². The quantitative estimate of drug-likeness (QED) is 0.793. The van der Waals surface area contributed by atoms with Crippen molar-refractivity contribution >= 4 is 5.91 Å². The summed E-state index contributed by atoms with van der Waals surface area (Å²) in [7, 11) is 0. The Labute approximate surface area is 89.3 Å². The molecule has 0 heterocycles. The van der Waals surface area contributed by atoms with E-state index in [-0.39, 0.29) is 11.8 Å². The molecular formula is C13H13NO. The van der Waals surface area contributed by atoms with E-state index in [1.54, 1.807) is 0 Å². The Morgan fingerprint density at radius 3 is 2.47 bits per heavy atom. The van der Waals surface area contributed by atoms with Crippen molar-refractivity contribution in [3.05, 3.63) is 60.2 Å². The maximum atomic E-state index is 11.6. The molecule has 2 heteroatoms. The second-order valence-electron chi connectivity index (χ2n) is 3.50. The van der Waals surface area contributed by atoms with Crippen LogP contribution in [0.25, 0.3) is 0 Å². The standard InChI is InChI=1S/C13H13NO/c15-13(12-8-4-5-9-12)14-10-11-6-2-1-3-7-11/h1-9,12H,10H2,(H,14,15). The molecule has 1 aromatic carbocycles. The van der Waals surface area contributed by atoms with E-state index in [0.717, 1.165) is 5.56 Å². The molecule has 0 radical (unpaired) electrons.